The first-order chi connectivity index (χ1) is 4.70. The molecule has 0 aliphatic carbocycles. The Hall–Kier alpha value is -0.790. The average molecular weight is 139 g/mol. The van der Waals surface area contributed by atoms with Crippen LogP contribution in [0, 0.1) is 0 Å². The van der Waals surface area contributed by atoms with E-state index in [2.05, 4.69) is 4.90 Å². The number of hydrogen-bond acceptors (Lipinski definition) is 2. The van der Waals surface area contributed by atoms with Crippen molar-refractivity contribution in [3.63, 3.8) is 0 Å². The number of allylic oxidation sites excluding steroid dienone is 2. The Morgan fingerprint density at radius 3 is 2.80 bits per heavy atom. The number of carbonyl (C=O) groups excluding carboxylic acids is 1. The first-order valence-electron chi connectivity index (χ1n) is 3.62. The van der Waals surface area contributed by atoms with Crippen molar-refractivity contribution in [2.24, 2.45) is 0 Å². The van der Waals surface area contributed by atoms with E-state index in [1.165, 1.54) is 12.1 Å². The summed E-state index contributed by atoms with van der Waals surface area (Å²) in [6.07, 6.45) is 3.98. The standard InChI is InChI=1S/C8H13NO/c1-7(10)6-8-4-3-5-9(8)2/h6H,3-5H2,1-2H3. The van der Waals surface area contributed by atoms with Gasteiger partial charge in [-0.1, -0.05) is 0 Å². The number of hydrogen-bond donors (Lipinski definition) is 0. The highest BCUT2D eigenvalue weighted by Crippen LogP contribution is 2.17. The molecule has 0 radical (unpaired) electrons. The highest BCUT2D eigenvalue weighted by molar-refractivity contribution is 5.87. The molecule has 0 bridgehead atoms. The predicted molar refractivity (Wildman–Crippen MR) is 40.6 cm³/mol. The maximum atomic E-state index is 10.6. The van der Waals surface area contributed by atoms with Gasteiger partial charge in [-0.25, -0.2) is 0 Å². The normalized spacial score (nSPS) is 22.2. The Kier molecular flexibility index (Phi) is 2.10. The van der Waals surface area contributed by atoms with Gasteiger partial charge in [-0.3, -0.25) is 4.79 Å². The molecule has 2 nitrogen and oxygen atoms in total. The monoisotopic (exact) mass is 139 g/mol. The van der Waals surface area contributed by atoms with Crippen molar-refractivity contribution >= 4 is 5.78 Å². The smallest absolute Gasteiger partial charge is 0.154 e. The van der Waals surface area contributed by atoms with E-state index < -0.39 is 0 Å². The first-order valence-corrected chi connectivity index (χ1v) is 3.62. The van der Waals surface area contributed by atoms with Crippen LogP contribution in [0.25, 0.3) is 0 Å². The van der Waals surface area contributed by atoms with Crippen LogP contribution in [0.2, 0.25) is 0 Å². The van der Waals surface area contributed by atoms with Gasteiger partial charge in [-0.15, -0.1) is 0 Å². The molecule has 1 heterocycles. The van der Waals surface area contributed by atoms with Gasteiger partial charge in [0, 0.05) is 19.3 Å². The molecule has 10 heavy (non-hydrogen) atoms. The molecular weight excluding hydrogens is 126 g/mol. The van der Waals surface area contributed by atoms with Crippen LogP contribution < -0.4 is 0 Å². The van der Waals surface area contributed by atoms with Gasteiger partial charge in [0.15, 0.2) is 5.78 Å². The van der Waals surface area contributed by atoms with Crippen molar-refractivity contribution in [1.29, 1.82) is 0 Å². The lowest BCUT2D eigenvalue weighted by molar-refractivity contribution is -0.112. The van der Waals surface area contributed by atoms with Crippen molar-refractivity contribution in [3.05, 3.63) is 11.8 Å². The second-order valence-electron chi connectivity index (χ2n) is 2.77. The van der Waals surface area contributed by atoms with Gasteiger partial charge in [-0.2, -0.15) is 0 Å². The summed E-state index contributed by atoms with van der Waals surface area (Å²) in [6.45, 7) is 2.69. The van der Waals surface area contributed by atoms with Gasteiger partial charge >= 0.3 is 0 Å². The SMILES string of the molecule is CC(=O)C=C1CCCN1C. The fourth-order valence-electron chi connectivity index (χ4n) is 1.25. The van der Waals surface area contributed by atoms with Crippen LogP contribution in [0.5, 0.6) is 0 Å². The zero-order valence-corrected chi connectivity index (χ0v) is 6.55. The van der Waals surface area contributed by atoms with E-state index in [9.17, 15) is 4.79 Å². The number of likely N-dealkylation sites (tertiary alicyclic amines) is 1. The van der Waals surface area contributed by atoms with Crippen LogP contribution in [-0.4, -0.2) is 24.3 Å². The molecule has 0 spiro atoms. The Bertz CT molecular complexity index is 172. The topological polar surface area (TPSA) is 20.3 Å². The van der Waals surface area contributed by atoms with Crippen LogP contribution >= 0.6 is 0 Å². The summed E-state index contributed by atoms with van der Waals surface area (Å²) < 4.78 is 0. The quantitative estimate of drug-likeness (QED) is 0.508. The summed E-state index contributed by atoms with van der Waals surface area (Å²) in [6, 6.07) is 0. The third-order valence-electron chi connectivity index (χ3n) is 1.79. The van der Waals surface area contributed by atoms with Gasteiger partial charge in [0.1, 0.15) is 0 Å². The molecule has 0 aromatic carbocycles. The molecule has 2 heteroatoms. The van der Waals surface area contributed by atoms with E-state index in [1.54, 1.807) is 13.0 Å². The Labute approximate surface area is 61.5 Å². The lowest BCUT2D eigenvalue weighted by Gasteiger charge is -2.10. The van der Waals surface area contributed by atoms with Crippen molar-refractivity contribution in [2.75, 3.05) is 13.6 Å². The Morgan fingerprint density at radius 2 is 2.40 bits per heavy atom. The van der Waals surface area contributed by atoms with E-state index >= 15 is 0 Å². The molecule has 1 saturated heterocycles. The van der Waals surface area contributed by atoms with Gasteiger partial charge in [0.2, 0.25) is 0 Å². The van der Waals surface area contributed by atoms with Gasteiger partial charge < -0.3 is 4.90 Å². The highest BCUT2D eigenvalue weighted by atomic mass is 16.1. The second kappa shape index (κ2) is 2.86. The van der Waals surface area contributed by atoms with Crippen LogP contribution in [0.1, 0.15) is 19.8 Å². The van der Waals surface area contributed by atoms with Crippen LogP contribution in [0.4, 0.5) is 0 Å². The minimum Gasteiger partial charge on any atom is -0.378 e. The molecular formula is C8H13NO. The number of nitrogens with zero attached hydrogens (tertiary/aromatic N) is 1. The van der Waals surface area contributed by atoms with Gasteiger partial charge in [0.25, 0.3) is 0 Å². The largest absolute Gasteiger partial charge is 0.378 e. The molecule has 1 aliphatic rings. The maximum Gasteiger partial charge on any atom is 0.154 e. The molecule has 1 fully saturated rings. The zero-order valence-electron chi connectivity index (χ0n) is 6.55. The molecule has 0 N–H and O–H groups in total. The number of ketones is 1. The summed E-state index contributed by atoms with van der Waals surface area (Å²) in [4.78, 5) is 12.8. The Balaban J connectivity index is 2.62. The molecule has 0 atom stereocenters. The fourth-order valence-corrected chi connectivity index (χ4v) is 1.25. The van der Waals surface area contributed by atoms with E-state index in [4.69, 9.17) is 0 Å². The van der Waals surface area contributed by atoms with E-state index in [1.807, 2.05) is 7.05 Å². The molecule has 0 amide bonds. The van der Waals surface area contributed by atoms with Crippen molar-refractivity contribution < 1.29 is 4.79 Å². The molecule has 1 aliphatic heterocycles. The molecule has 0 saturated carbocycles. The molecule has 0 aromatic rings. The second-order valence-corrected chi connectivity index (χ2v) is 2.77. The summed E-state index contributed by atoms with van der Waals surface area (Å²) >= 11 is 0. The van der Waals surface area contributed by atoms with E-state index in [-0.39, 0.29) is 5.78 Å². The third-order valence-corrected chi connectivity index (χ3v) is 1.79. The first kappa shape index (κ1) is 7.32. The van der Waals surface area contributed by atoms with E-state index in [0.29, 0.717) is 0 Å². The highest BCUT2D eigenvalue weighted by Gasteiger charge is 2.11. The number of carbonyl (C=O) groups is 1. The van der Waals surface area contributed by atoms with Gasteiger partial charge in [0.05, 0.1) is 0 Å². The lowest BCUT2D eigenvalue weighted by Crippen LogP contribution is -2.10. The van der Waals surface area contributed by atoms with Crippen LogP contribution in [-0.2, 0) is 4.79 Å². The third kappa shape index (κ3) is 1.59. The minimum atomic E-state index is 0.156. The molecule has 56 valence electrons. The van der Waals surface area contributed by atoms with Gasteiger partial charge in [-0.05, 0) is 25.8 Å². The van der Waals surface area contributed by atoms with Crippen molar-refractivity contribution in [3.8, 4) is 0 Å². The van der Waals surface area contributed by atoms with Crippen LogP contribution in [0.15, 0.2) is 11.8 Å². The molecule has 0 aromatic heterocycles. The minimum absolute atomic E-state index is 0.156. The van der Waals surface area contributed by atoms with Crippen LogP contribution in [0.3, 0.4) is 0 Å². The average Bonchev–Trinajstić information content (AvgIpc) is 2.15. The lowest BCUT2D eigenvalue weighted by atomic mass is 10.2. The Morgan fingerprint density at radius 1 is 1.70 bits per heavy atom. The molecule has 0 unspecified atom stereocenters. The zero-order chi connectivity index (χ0) is 7.56. The predicted octanol–water partition coefficient (Wildman–Crippen LogP) is 1.18. The summed E-state index contributed by atoms with van der Waals surface area (Å²) in [7, 11) is 2.03. The number of rotatable bonds is 1. The maximum absolute atomic E-state index is 10.6. The summed E-state index contributed by atoms with van der Waals surface area (Å²) in [5.41, 5.74) is 1.19. The van der Waals surface area contributed by atoms with Crippen molar-refractivity contribution in [2.45, 2.75) is 19.8 Å². The fraction of sp³-hybridized carbons (Fsp3) is 0.625. The molecule has 1 rings (SSSR count). The summed E-state index contributed by atoms with van der Waals surface area (Å²) in [5.74, 6) is 0.156. The van der Waals surface area contributed by atoms with E-state index in [0.717, 1.165) is 13.0 Å². The summed E-state index contributed by atoms with van der Waals surface area (Å²) in [5, 5.41) is 0. The van der Waals surface area contributed by atoms with Crippen molar-refractivity contribution in [1.82, 2.24) is 4.90 Å².